The van der Waals surface area contributed by atoms with E-state index in [-0.39, 0.29) is 12.2 Å². The highest BCUT2D eigenvalue weighted by Crippen LogP contribution is 2.35. The molecule has 0 aliphatic carbocycles. The molecular formula is C33H27Cl2N3O4S. The van der Waals surface area contributed by atoms with E-state index in [0.29, 0.717) is 48.5 Å². The molecule has 0 bridgehead atoms. The normalized spacial score (nSPS) is 15.0. The first-order valence-corrected chi connectivity index (χ1v) is 15.2. The van der Waals surface area contributed by atoms with E-state index < -0.39 is 12.0 Å². The molecule has 0 saturated heterocycles. The summed E-state index contributed by atoms with van der Waals surface area (Å²) in [7, 11) is 1.57. The predicted octanol–water partition coefficient (Wildman–Crippen LogP) is 6.12. The Balaban J connectivity index is 1.52. The van der Waals surface area contributed by atoms with Gasteiger partial charge in [-0.05, 0) is 49.8 Å². The van der Waals surface area contributed by atoms with Crippen LogP contribution in [-0.2, 0) is 16.1 Å². The number of ether oxygens (including phenoxy) is 2. The van der Waals surface area contributed by atoms with E-state index >= 15 is 0 Å². The Morgan fingerprint density at radius 2 is 1.84 bits per heavy atom. The fourth-order valence-corrected chi connectivity index (χ4v) is 6.83. The van der Waals surface area contributed by atoms with E-state index in [0.717, 1.165) is 22.0 Å². The molecule has 1 aliphatic heterocycles. The van der Waals surface area contributed by atoms with Gasteiger partial charge in [0.15, 0.2) is 4.80 Å². The maximum atomic E-state index is 14.2. The molecular weight excluding hydrogens is 605 g/mol. The number of thiazole rings is 1. The summed E-state index contributed by atoms with van der Waals surface area (Å²) in [6.45, 7) is 4.29. The van der Waals surface area contributed by atoms with Crippen LogP contribution in [0.3, 0.4) is 0 Å². The van der Waals surface area contributed by atoms with E-state index in [1.54, 1.807) is 31.6 Å². The summed E-state index contributed by atoms with van der Waals surface area (Å²) in [6, 6.07) is 20.2. The lowest BCUT2D eigenvalue weighted by molar-refractivity contribution is -0.139. The minimum absolute atomic E-state index is 0.199. The average molecular weight is 633 g/mol. The van der Waals surface area contributed by atoms with E-state index in [2.05, 4.69) is 4.57 Å². The molecule has 3 aromatic carbocycles. The van der Waals surface area contributed by atoms with Crippen LogP contribution in [0.15, 0.2) is 94.0 Å². The van der Waals surface area contributed by atoms with Gasteiger partial charge in [-0.15, -0.1) is 0 Å². The molecule has 218 valence electrons. The van der Waals surface area contributed by atoms with Crippen molar-refractivity contribution in [2.75, 3.05) is 13.7 Å². The zero-order valence-corrected chi connectivity index (χ0v) is 26.0. The Hall–Kier alpha value is -4.11. The number of aromatic nitrogens is 2. The number of fused-ring (bicyclic) bond motifs is 2. The number of esters is 1. The van der Waals surface area contributed by atoms with Crippen LogP contribution in [0, 0.1) is 0 Å². The van der Waals surface area contributed by atoms with E-state index in [9.17, 15) is 9.59 Å². The summed E-state index contributed by atoms with van der Waals surface area (Å²) in [6.07, 6.45) is 3.92. The Morgan fingerprint density at radius 3 is 2.60 bits per heavy atom. The predicted molar refractivity (Wildman–Crippen MR) is 171 cm³/mol. The van der Waals surface area contributed by atoms with Gasteiger partial charge in [0.1, 0.15) is 11.8 Å². The zero-order valence-electron chi connectivity index (χ0n) is 23.6. The van der Waals surface area contributed by atoms with Gasteiger partial charge in [-0.3, -0.25) is 9.36 Å². The molecule has 10 heteroatoms. The van der Waals surface area contributed by atoms with Gasteiger partial charge in [0.2, 0.25) is 0 Å². The van der Waals surface area contributed by atoms with Crippen molar-refractivity contribution < 1.29 is 14.3 Å². The molecule has 0 unspecified atom stereocenters. The quantitative estimate of drug-likeness (QED) is 0.203. The Morgan fingerprint density at radius 1 is 1.07 bits per heavy atom. The maximum Gasteiger partial charge on any atom is 0.338 e. The third-order valence-electron chi connectivity index (χ3n) is 7.39. The first-order chi connectivity index (χ1) is 20.8. The molecule has 6 rings (SSSR count). The van der Waals surface area contributed by atoms with Crippen molar-refractivity contribution in [3.8, 4) is 5.75 Å². The van der Waals surface area contributed by atoms with E-state index in [1.165, 1.54) is 11.3 Å². The minimum atomic E-state index is -0.760. The van der Waals surface area contributed by atoms with Crippen molar-refractivity contribution in [2.45, 2.75) is 26.4 Å². The summed E-state index contributed by atoms with van der Waals surface area (Å²) < 4.78 is 15.3. The lowest BCUT2D eigenvalue weighted by Gasteiger charge is -2.25. The highest BCUT2D eigenvalue weighted by Gasteiger charge is 2.35. The van der Waals surface area contributed by atoms with Crippen molar-refractivity contribution in [1.29, 1.82) is 0 Å². The molecule has 2 aromatic heterocycles. The number of rotatable bonds is 7. The monoisotopic (exact) mass is 631 g/mol. The molecule has 0 saturated carbocycles. The second kappa shape index (κ2) is 11.9. The summed E-state index contributed by atoms with van der Waals surface area (Å²) in [4.78, 5) is 32.6. The summed E-state index contributed by atoms with van der Waals surface area (Å²) >= 11 is 13.7. The van der Waals surface area contributed by atoms with Crippen LogP contribution in [0.2, 0.25) is 10.0 Å². The molecule has 3 heterocycles. The molecule has 43 heavy (non-hydrogen) atoms. The number of methoxy groups -OCH3 is 1. The van der Waals surface area contributed by atoms with Gasteiger partial charge in [0, 0.05) is 34.8 Å². The molecule has 7 nitrogen and oxygen atoms in total. The van der Waals surface area contributed by atoms with E-state index in [1.807, 2.05) is 72.9 Å². The standard InChI is InChI=1S/C33H27Cl2N3O4S/c1-4-42-32(40)29-19(2)36-33-38(30(29)23-10-6-8-12-27(23)41-3)31(39)28(43-33)16-21-18-37(26-11-7-5-9-22(21)26)17-20-13-14-24(34)25(35)15-20/h5-16,18,30H,4,17H2,1-3H3/b28-16+/t30-/m1/s1. The van der Waals surface area contributed by atoms with Crippen LogP contribution in [0.4, 0.5) is 0 Å². The molecule has 5 aromatic rings. The minimum Gasteiger partial charge on any atom is -0.496 e. The van der Waals surface area contributed by atoms with Crippen molar-refractivity contribution in [3.05, 3.63) is 131 Å². The van der Waals surface area contributed by atoms with Crippen LogP contribution < -0.4 is 19.6 Å². The van der Waals surface area contributed by atoms with Crippen molar-refractivity contribution in [1.82, 2.24) is 9.13 Å². The topological polar surface area (TPSA) is 74.8 Å². The second-order valence-electron chi connectivity index (χ2n) is 10.0. The number of hydrogen-bond acceptors (Lipinski definition) is 6. The summed E-state index contributed by atoms with van der Waals surface area (Å²) in [5, 5.41) is 2.00. The van der Waals surface area contributed by atoms with Crippen LogP contribution >= 0.6 is 34.5 Å². The second-order valence-corrected chi connectivity index (χ2v) is 11.8. The van der Waals surface area contributed by atoms with Crippen LogP contribution in [0.1, 0.15) is 36.6 Å². The van der Waals surface area contributed by atoms with Gasteiger partial charge >= 0.3 is 5.97 Å². The number of carbonyl (C=O) groups excluding carboxylic acids is 1. The number of nitrogens with zero attached hydrogens (tertiary/aromatic N) is 3. The van der Waals surface area contributed by atoms with Crippen molar-refractivity contribution in [3.63, 3.8) is 0 Å². The van der Waals surface area contributed by atoms with Crippen molar-refractivity contribution >= 4 is 57.5 Å². The lowest BCUT2D eigenvalue weighted by Crippen LogP contribution is -2.40. The van der Waals surface area contributed by atoms with Gasteiger partial charge in [-0.2, -0.15) is 0 Å². The largest absolute Gasteiger partial charge is 0.496 e. The highest BCUT2D eigenvalue weighted by molar-refractivity contribution is 7.07. The fourth-order valence-electron chi connectivity index (χ4n) is 5.48. The molecule has 0 radical (unpaired) electrons. The molecule has 0 amide bonds. The Labute approximate surface area is 261 Å². The number of para-hydroxylation sites is 2. The van der Waals surface area contributed by atoms with Gasteiger partial charge in [0.25, 0.3) is 5.56 Å². The van der Waals surface area contributed by atoms with Gasteiger partial charge in [-0.1, -0.05) is 77.0 Å². The third-order valence-corrected chi connectivity index (χ3v) is 9.12. The SMILES string of the molecule is CCOC(=O)C1=C(C)N=c2s/c(=C/c3cn(Cc4ccc(Cl)c(Cl)c4)c4ccccc34)c(=O)n2[C@@H]1c1ccccc1OC. The Kier molecular flexibility index (Phi) is 8.01. The van der Waals surface area contributed by atoms with Gasteiger partial charge < -0.3 is 14.0 Å². The van der Waals surface area contributed by atoms with E-state index in [4.69, 9.17) is 37.7 Å². The fraction of sp³-hybridized carbons (Fsp3) is 0.182. The third kappa shape index (κ3) is 5.31. The van der Waals surface area contributed by atoms with Crippen molar-refractivity contribution in [2.24, 2.45) is 4.99 Å². The van der Waals surface area contributed by atoms with Crippen LogP contribution in [-0.4, -0.2) is 28.8 Å². The van der Waals surface area contributed by atoms with Crippen LogP contribution in [0.5, 0.6) is 5.75 Å². The number of hydrogen-bond donors (Lipinski definition) is 0. The molecule has 1 aliphatic rings. The number of carbonyl (C=O) groups is 1. The number of benzene rings is 3. The molecule has 0 N–H and O–H groups in total. The first-order valence-electron chi connectivity index (χ1n) is 13.6. The number of allylic oxidation sites excluding steroid dienone is 1. The maximum absolute atomic E-state index is 14.2. The molecule has 0 spiro atoms. The summed E-state index contributed by atoms with van der Waals surface area (Å²) in [5.41, 5.74) is 4.13. The van der Waals surface area contributed by atoms with Gasteiger partial charge in [-0.25, -0.2) is 9.79 Å². The highest BCUT2D eigenvalue weighted by atomic mass is 35.5. The zero-order chi connectivity index (χ0) is 30.2. The lowest BCUT2D eigenvalue weighted by atomic mass is 9.95. The number of halogens is 2. The van der Waals surface area contributed by atoms with Crippen LogP contribution in [0.25, 0.3) is 17.0 Å². The smallest absolute Gasteiger partial charge is 0.338 e. The first kappa shape index (κ1) is 29.0. The van der Waals surface area contributed by atoms with Gasteiger partial charge in [0.05, 0.1) is 39.6 Å². The average Bonchev–Trinajstić information content (AvgIpc) is 3.50. The summed E-state index contributed by atoms with van der Waals surface area (Å²) in [5.74, 6) is 0.0447. The molecule has 0 fully saturated rings. The molecule has 1 atom stereocenters. The Bertz CT molecular complexity index is 2110.